The maximum Gasteiger partial charge on any atom is 0.255 e. The molecule has 4 rings (SSSR count). The Morgan fingerprint density at radius 2 is 1.97 bits per heavy atom. The minimum Gasteiger partial charge on any atom is -0.493 e. The lowest BCUT2D eigenvalue weighted by Crippen LogP contribution is -2.25. The number of ketones is 1. The average molecular weight is 390 g/mol. The van der Waals surface area contributed by atoms with E-state index in [1.54, 1.807) is 37.6 Å². The maximum atomic E-state index is 12.8. The van der Waals surface area contributed by atoms with Crippen molar-refractivity contribution in [1.82, 2.24) is 14.5 Å². The van der Waals surface area contributed by atoms with Crippen LogP contribution in [0, 0.1) is 5.92 Å². The zero-order valence-corrected chi connectivity index (χ0v) is 16.2. The molecular weight excluding hydrogens is 368 g/mol. The Kier molecular flexibility index (Phi) is 5.37. The third kappa shape index (κ3) is 4.51. The lowest BCUT2D eigenvalue weighted by molar-refractivity contribution is 0.100. The largest absolute Gasteiger partial charge is 0.493 e. The summed E-state index contributed by atoms with van der Waals surface area (Å²) in [6.45, 7) is 0.644. The molecule has 2 aromatic heterocycles. The van der Waals surface area contributed by atoms with E-state index in [9.17, 15) is 9.59 Å². The van der Waals surface area contributed by atoms with Gasteiger partial charge in [0.25, 0.3) is 5.56 Å². The van der Waals surface area contributed by atoms with Gasteiger partial charge in [-0.2, -0.15) is 0 Å². The third-order valence-corrected chi connectivity index (χ3v) is 4.88. The van der Waals surface area contributed by atoms with Crippen molar-refractivity contribution < 1.29 is 9.53 Å². The van der Waals surface area contributed by atoms with Gasteiger partial charge in [-0.05, 0) is 43.0 Å². The first-order valence-electron chi connectivity index (χ1n) is 9.59. The van der Waals surface area contributed by atoms with Crippen molar-refractivity contribution >= 4 is 11.7 Å². The molecule has 1 N–H and O–H groups in total. The van der Waals surface area contributed by atoms with E-state index in [2.05, 4.69) is 15.3 Å². The molecule has 1 aliphatic carbocycles. The lowest BCUT2D eigenvalue weighted by Gasteiger charge is -2.13. The van der Waals surface area contributed by atoms with E-state index in [1.165, 1.54) is 23.5 Å². The van der Waals surface area contributed by atoms with Crippen LogP contribution in [0.25, 0.3) is 11.3 Å². The number of ether oxygens (including phenoxy) is 1. The Morgan fingerprint density at radius 1 is 1.21 bits per heavy atom. The van der Waals surface area contributed by atoms with Crippen molar-refractivity contribution in [2.75, 3.05) is 18.5 Å². The molecule has 1 aromatic carbocycles. The highest BCUT2D eigenvalue weighted by molar-refractivity contribution is 6.01. The predicted octanol–water partition coefficient (Wildman–Crippen LogP) is 2.93. The second kappa shape index (κ2) is 8.26. The number of Topliss-reactive ketones (excluding diaryl/α,β-unsaturated/α-hetero) is 1. The topological polar surface area (TPSA) is 86.1 Å². The van der Waals surface area contributed by atoms with Crippen LogP contribution in [0.15, 0.2) is 59.7 Å². The number of nitrogens with one attached hydrogen (secondary N) is 1. The summed E-state index contributed by atoms with van der Waals surface area (Å²) < 4.78 is 7.21. The predicted molar refractivity (Wildman–Crippen MR) is 110 cm³/mol. The van der Waals surface area contributed by atoms with Gasteiger partial charge in [-0.3, -0.25) is 19.1 Å². The molecule has 3 aromatic rings. The SMILES string of the molecule is Cn1c(NCC(=O)c2ccccc2OCC2CC2)nc(-c2ccncc2)cc1=O. The number of pyridine rings is 1. The van der Waals surface area contributed by atoms with Gasteiger partial charge in [0.2, 0.25) is 5.95 Å². The van der Waals surface area contributed by atoms with Crippen molar-refractivity contribution in [1.29, 1.82) is 0 Å². The molecule has 2 heterocycles. The molecule has 148 valence electrons. The standard InChI is InChI=1S/C22H22N4O3/c1-26-21(28)12-18(16-8-10-23-11-9-16)25-22(26)24-13-19(27)17-4-2-3-5-20(17)29-14-15-6-7-15/h2-5,8-12,15H,6-7,13-14H2,1H3,(H,24,25). The molecule has 7 heteroatoms. The first-order chi connectivity index (χ1) is 14.1. The zero-order valence-electron chi connectivity index (χ0n) is 16.2. The molecule has 0 amide bonds. The first kappa shape index (κ1) is 18.9. The quantitative estimate of drug-likeness (QED) is 0.595. The highest BCUT2D eigenvalue weighted by Crippen LogP contribution is 2.30. The van der Waals surface area contributed by atoms with Crippen LogP contribution < -0.4 is 15.6 Å². The molecule has 29 heavy (non-hydrogen) atoms. The molecule has 7 nitrogen and oxygen atoms in total. The van der Waals surface area contributed by atoms with Crippen LogP contribution in [0.2, 0.25) is 0 Å². The number of benzene rings is 1. The van der Waals surface area contributed by atoms with Crippen LogP contribution in [0.4, 0.5) is 5.95 Å². The van der Waals surface area contributed by atoms with E-state index in [0.29, 0.717) is 35.5 Å². The molecule has 1 aliphatic rings. The van der Waals surface area contributed by atoms with Crippen LogP contribution in [0.1, 0.15) is 23.2 Å². The lowest BCUT2D eigenvalue weighted by atomic mass is 10.1. The van der Waals surface area contributed by atoms with E-state index >= 15 is 0 Å². The van der Waals surface area contributed by atoms with Crippen molar-refractivity contribution in [3.05, 3.63) is 70.8 Å². The normalized spacial score (nSPS) is 13.1. The van der Waals surface area contributed by atoms with Crippen molar-refractivity contribution in [2.24, 2.45) is 13.0 Å². The second-order valence-electron chi connectivity index (χ2n) is 7.13. The molecule has 0 aliphatic heterocycles. The van der Waals surface area contributed by atoms with E-state index in [1.807, 2.05) is 18.2 Å². The minimum absolute atomic E-state index is 0.00385. The Labute approximate surface area is 168 Å². The zero-order chi connectivity index (χ0) is 20.2. The fourth-order valence-corrected chi connectivity index (χ4v) is 2.94. The van der Waals surface area contributed by atoms with E-state index in [-0.39, 0.29) is 17.9 Å². The number of aromatic nitrogens is 3. The van der Waals surface area contributed by atoms with Gasteiger partial charge in [-0.25, -0.2) is 4.98 Å². The summed E-state index contributed by atoms with van der Waals surface area (Å²) in [5.74, 6) is 1.40. The van der Waals surface area contributed by atoms with E-state index in [0.717, 1.165) is 5.56 Å². The third-order valence-electron chi connectivity index (χ3n) is 4.88. The second-order valence-corrected chi connectivity index (χ2v) is 7.13. The number of nitrogens with zero attached hydrogens (tertiary/aromatic N) is 3. The van der Waals surface area contributed by atoms with Crippen LogP contribution in [0.3, 0.4) is 0 Å². The molecule has 0 atom stereocenters. The van der Waals surface area contributed by atoms with E-state index in [4.69, 9.17) is 4.74 Å². The van der Waals surface area contributed by atoms with Crippen LogP contribution >= 0.6 is 0 Å². The van der Waals surface area contributed by atoms with Crippen LogP contribution in [0.5, 0.6) is 5.75 Å². The molecule has 0 saturated heterocycles. The summed E-state index contributed by atoms with van der Waals surface area (Å²) in [5, 5.41) is 3.00. The minimum atomic E-state index is -0.213. The highest BCUT2D eigenvalue weighted by atomic mass is 16.5. The van der Waals surface area contributed by atoms with Gasteiger partial charge in [-0.1, -0.05) is 12.1 Å². The Hall–Kier alpha value is -3.48. The smallest absolute Gasteiger partial charge is 0.255 e. The average Bonchev–Trinajstić information content (AvgIpc) is 3.58. The van der Waals surface area contributed by atoms with Crippen LogP contribution in [-0.2, 0) is 7.05 Å². The summed E-state index contributed by atoms with van der Waals surface area (Å²) >= 11 is 0. The fourth-order valence-electron chi connectivity index (χ4n) is 2.94. The molecular formula is C22H22N4O3. The van der Waals surface area contributed by atoms with Gasteiger partial charge >= 0.3 is 0 Å². The van der Waals surface area contributed by atoms with E-state index < -0.39 is 0 Å². The first-order valence-corrected chi connectivity index (χ1v) is 9.59. The van der Waals surface area contributed by atoms with Gasteiger partial charge < -0.3 is 10.1 Å². The maximum absolute atomic E-state index is 12.8. The Morgan fingerprint density at radius 3 is 2.72 bits per heavy atom. The number of hydrogen-bond acceptors (Lipinski definition) is 6. The number of para-hydroxylation sites is 1. The summed E-state index contributed by atoms with van der Waals surface area (Å²) in [4.78, 5) is 33.6. The number of rotatable bonds is 8. The van der Waals surface area contributed by atoms with Crippen molar-refractivity contribution in [3.63, 3.8) is 0 Å². The highest BCUT2D eigenvalue weighted by Gasteiger charge is 2.23. The number of hydrogen-bond donors (Lipinski definition) is 1. The molecule has 0 radical (unpaired) electrons. The monoisotopic (exact) mass is 390 g/mol. The van der Waals surface area contributed by atoms with Gasteiger partial charge in [0.1, 0.15) is 5.75 Å². The number of carbonyl (C=O) groups is 1. The van der Waals surface area contributed by atoms with Gasteiger partial charge in [0, 0.05) is 31.1 Å². The summed E-state index contributed by atoms with van der Waals surface area (Å²) in [6, 6.07) is 12.3. The Balaban J connectivity index is 1.51. The van der Waals surface area contributed by atoms with Gasteiger partial charge in [0.05, 0.1) is 24.4 Å². The van der Waals surface area contributed by atoms with Crippen LogP contribution in [-0.4, -0.2) is 33.5 Å². The number of anilines is 1. The van der Waals surface area contributed by atoms with Gasteiger partial charge in [0.15, 0.2) is 5.78 Å². The molecule has 0 spiro atoms. The molecule has 1 saturated carbocycles. The summed E-state index contributed by atoms with van der Waals surface area (Å²) in [6.07, 6.45) is 5.66. The van der Waals surface area contributed by atoms with Crippen molar-refractivity contribution in [2.45, 2.75) is 12.8 Å². The molecule has 0 unspecified atom stereocenters. The number of carbonyl (C=O) groups excluding carboxylic acids is 1. The van der Waals surface area contributed by atoms with Gasteiger partial charge in [-0.15, -0.1) is 0 Å². The molecule has 0 bridgehead atoms. The summed E-state index contributed by atoms with van der Waals surface area (Å²) in [5.41, 5.74) is 1.62. The summed E-state index contributed by atoms with van der Waals surface area (Å²) in [7, 11) is 1.62. The molecule has 1 fully saturated rings. The fraction of sp³-hybridized carbons (Fsp3) is 0.273. The Bertz CT molecular complexity index is 1070. The van der Waals surface area contributed by atoms with Crippen molar-refractivity contribution in [3.8, 4) is 17.0 Å².